The molecule has 8 nitrogen and oxygen atoms in total. The molecule has 1 aliphatic rings. The van der Waals surface area contributed by atoms with Gasteiger partial charge in [-0.1, -0.05) is 24.3 Å². The van der Waals surface area contributed by atoms with Crippen LogP contribution in [0.15, 0.2) is 48.5 Å². The van der Waals surface area contributed by atoms with E-state index < -0.39 is 41.6 Å². The van der Waals surface area contributed by atoms with Crippen molar-refractivity contribution in [1.82, 2.24) is 9.97 Å². The van der Waals surface area contributed by atoms with Crippen LogP contribution in [0.25, 0.3) is 11.3 Å². The van der Waals surface area contributed by atoms with Crippen molar-refractivity contribution in [3.05, 3.63) is 65.5 Å². The minimum Gasteiger partial charge on any atom is -0.493 e. The molecule has 1 unspecified atom stereocenters. The summed E-state index contributed by atoms with van der Waals surface area (Å²) in [6, 6.07) is 9.33. The van der Waals surface area contributed by atoms with Crippen molar-refractivity contribution in [2.24, 2.45) is 11.7 Å². The summed E-state index contributed by atoms with van der Waals surface area (Å²) in [6.45, 7) is 0.180. The van der Waals surface area contributed by atoms with Crippen molar-refractivity contribution in [2.45, 2.75) is 37.6 Å². The highest BCUT2D eigenvalue weighted by Crippen LogP contribution is 2.41. The number of hydrogen-bond acceptors (Lipinski definition) is 7. The molecule has 5 N–H and O–H groups in total. The van der Waals surface area contributed by atoms with E-state index >= 15 is 0 Å². The van der Waals surface area contributed by atoms with Crippen LogP contribution in [0.2, 0.25) is 0 Å². The third-order valence-corrected chi connectivity index (χ3v) is 5.71. The van der Waals surface area contributed by atoms with Crippen LogP contribution in [0.4, 0.5) is 23.5 Å². The van der Waals surface area contributed by atoms with Crippen LogP contribution in [-0.2, 0) is 11.2 Å². The molecule has 4 rings (SSSR count). The number of benzene rings is 2. The van der Waals surface area contributed by atoms with Crippen LogP contribution < -0.4 is 20.9 Å². The molecule has 2 atom stereocenters. The number of carboxylic acid groups (broad SMARTS) is 1. The largest absolute Gasteiger partial charge is 0.493 e. The molecule has 0 radical (unpaired) electrons. The average molecular weight is 520 g/mol. The van der Waals surface area contributed by atoms with Gasteiger partial charge in [0, 0.05) is 23.3 Å². The lowest BCUT2D eigenvalue weighted by atomic mass is 10.0. The summed E-state index contributed by atoms with van der Waals surface area (Å²) in [6.07, 6.45) is -5.50. The molecule has 37 heavy (non-hydrogen) atoms. The molecule has 0 spiro atoms. The number of nitrogens with zero attached hydrogens (tertiary/aromatic N) is 2. The van der Waals surface area contributed by atoms with Crippen molar-refractivity contribution in [1.29, 1.82) is 0 Å². The van der Waals surface area contributed by atoms with Gasteiger partial charge in [-0.05, 0) is 42.9 Å². The molecule has 0 saturated heterocycles. The lowest BCUT2D eigenvalue weighted by Crippen LogP contribution is -2.32. The number of nitrogens with two attached hydrogens (primary N) is 2. The van der Waals surface area contributed by atoms with Gasteiger partial charge in [-0.2, -0.15) is 18.2 Å². The van der Waals surface area contributed by atoms with E-state index in [1.165, 1.54) is 6.07 Å². The molecule has 1 fully saturated rings. The first-order chi connectivity index (χ1) is 17.5. The van der Waals surface area contributed by atoms with Crippen LogP contribution in [0, 0.1) is 11.7 Å². The van der Waals surface area contributed by atoms with E-state index in [2.05, 4.69) is 9.97 Å². The van der Waals surface area contributed by atoms with Gasteiger partial charge >= 0.3 is 12.1 Å². The van der Waals surface area contributed by atoms with Crippen molar-refractivity contribution in [3.63, 3.8) is 0 Å². The Morgan fingerprint density at radius 3 is 2.43 bits per heavy atom. The van der Waals surface area contributed by atoms with Crippen LogP contribution in [-0.4, -0.2) is 39.9 Å². The Morgan fingerprint density at radius 1 is 1.11 bits per heavy atom. The van der Waals surface area contributed by atoms with E-state index in [-0.39, 0.29) is 36.3 Å². The SMILES string of the molecule is Nc1nc(OC(c2ccc(F)cc2OCC2CC2)C(F)(F)F)cc(-c2ccc(C[C@H](N)C(=O)O)cc2)n1. The third-order valence-electron chi connectivity index (χ3n) is 5.71. The van der Waals surface area contributed by atoms with Gasteiger partial charge in [0.05, 0.1) is 12.3 Å². The van der Waals surface area contributed by atoms with Crippen molar-refractivity contribution >= 4 is 11.9 Å². The number of hydrogen-bond donors (Lipinski definition) is 3. The van der Waals surface area contributed by atoms with Gasteiger partial charge < -0.3 is 26.0 Å². The summed E-state index contributed by atoms with van der Waals surface area (Å²) in [5.74, 6) is -2.68. The highest BCUT2D eigenvalue weighted by atomic mass is 19.4. The van der Waals surface area contributed by atoms with Crippen molar-refractivity contribution < 1.29 is 36.9 Å². The van der Waals surface area contributed by atoms with Crippen LogP contribution in [0.1, 0.15) is 30.1 Å². The van der Waals surface area contributed by atoms with Crippen LogP contribution in [0.3, 0.4) is 0 Å². The number of carboxylic acids is 1. The number of rotatable bonds is 10. The maximum Gasteiger partial charge on any atom is 0.429 e. The molecule has 1 saturated carbocycles. The third kappa shape index (κ3) is 6.85. The lowest BCUT2D eigenvalue weighted by molar-refractivity contribution is -0.199. The summed E-state index contributed by atoms with van der Waals surface area (Å²) in [5.41, 5.74) is 12.2. The Bertz CT molecular complexity index is 1270. The van der Waals surface area contributed by atoms with Gasteiger partial charge in [0.25, 0.3) is 0 Å². The molecule has 0 amide bonds. The van der Waals surface area contributed by atoms with Gasteiger partial charge in [-0.25, -0.2) is 9.37 Å². The fourth-order valence-corrected chi connectivity index (χ4v) is 3.57. The molecule has 1 heterocycles. The molecule has 12 heteroatoms. The zero-order valence-corrected chi connectivity index (χ0v) is 19.4. The fourth-order valence-electron chi connectivity index (χ4n) is 3.57. The second kappa shape index (κ2) is 10.6. The molecule has 0 aliphatic heterocycles. The molecular weight excluding hydrogens is 496 g/mol. The lowest BCUT2D eigenvalue weighted by Gasteiger charge is -2.24. The second-order valence-corrected chi connectivity index (χ2v) is 8.77. The molecule has 1 aliphatic carbocycles. The predicted molar refractivity (Wildman–Crippen MR) is 125 cm³/mol. The van der Waals surface area contributed by atoms with E-state index in [1.807, 2.05) is 0 Å². The maximum atomic E-state index is 14.1. The molecule has 196 valence electrons. The topological polar surface area (TPSA) is 134 Å². The average Bonchev–Trinajstić information content (AvgIpc) is 3.65. The Hall–Kier alpha value is -3.93. The van der Waals surface area contributed by atoms with Gasteiger partial charge in [0.1, 0.15) is 17.6 Å². The normalized spacial score (nSPS) is 15.2. The van der Waals surface area contributed by atoms with E-state index in [0.717, 1.165) is 31.0 Å². The first-order valence-electron chi connectivity index (χ1n) is 11.4. The number of anilines is 1. The number of aliphatic carboxylic acids is 1. The number of ether oxygens (including phenoxy) is 2. The monoisotopic (exact) mass is 520 g/mol. The van der Waals surface area contributed by atoms with Crippen molar-refractivity contribution in [2.75, 3.05) is 12.3 Å². The van der Waals surface area contributed by atoms with Gasteiger partial charge in [-0.3, -0.25) is 4.79 Å². The summed E-state index contributed by atoms with van der Waals surface area (Å²) >= 11 is 0. The van der Waals surface area contributed by atoms with E-state index in [4.69, 9.17) is 26.0 Å². The predicted octanol–water partition coefficient (Wildman–Crippen LogP) is 4.29. The Labute approximate surface area is 209 Å². The van der Waals surface area contributed by atoms with Crippen LogP contribution in [0.5, 0.6) is 11.6 Å². The van der Waals surface area contributed by atoms with E-state index in [0.29, 0.717) is 11.1 Å². The Balaban J connectivity index is 1.61. The minimum absolute atomic E-state index is 0.0893. The number of alkyl halides is 3. The fraction of sp³-hybridized carbons (Fsp3) is 0.320. The quantitative estimate of drug-likeness (QED) is 0.337. The maximum absolute atomic E-state index is 14.1. The first kappa shape index (κ1) is 26.1. The summed E-state index contributed by atoms with van der Waals surface area (Å²) in [4.78, 5) is 18.8. The Morgan fingerprint density at radius 2 is 1.81 bits per heavy atom. The minimum atomic E-state index is -4.89. The number of carbonyl (C=O) groups is 1. The molecule has 3 aromatic rings. The molecule has 1 aromatic heterocycles. The molecular formula is C25H24F4N4O4. The van der Waals surface area contributed by atoms with E-state index in [9.17, 15) is 22.4 Å². The van der Waals surface area contributed by atoms with Gasteiger partial charge in [0.15, 0.2) is 0 Å². The molecule has 2 aromatic carbocycles. The standard InChI is InChI=1S/C25H24F4N4O4/c26-16-7-8-17(20(10-16)36-12-14-1-2-14)22(25(27,28)29)37-21-11-19(32-24(31)33-21)15-5-3-13(4-6-15)9-18(30)23(34)35/h3-8,10-11,14,18,22H,1-2,9,12,30H2,(H,34,35)(H2,31,32,33)/t18-,22?/m0/s1. The second-order valence-electron chi connectivity index (χ2n) is 8.77. The summed E-state index contributed by atoms with van der Waals surface area (Å²) < 4.78 is 66.9. The Kier molecular flexibility index (Phi) is 7.48. The van der Waals surface area contributed by atoms with E-state index in [1.54, 1.807) is 24.3 Å². The van der Waals surface area contributed by atoms with Crippen molar-refractivity contribution in [3.8, 4) is 22.9 Å². The highest BCUT2D eigenvalue weighted by Gasteiger charge is 2.45. The van der Waals surface area contributed by atoms with Crippen LogP contribution >= 0.6 is 0 Å². The summed E-state index contributed by atoms with van der Waals surface area (Å²) in [5, 5.41) is 8.96. The first-order valence-corrected chi connectivity index (χ1v) is 11.4. The highest BCUT2D eigenvalue weighted by molar-refractivity contribution is 5.73. The smallest absolute Gasteiger partial charge is 0.429 e. The molecule has 0 bridgehead atoms. The zero-order chi connectivity index (χ0) is 26.7. The van der Waals surface area contributed by atoms with Gasteiger partial charge in [-0.15, -0.1) is 0 Å². The number of aromatic nitrogens is 2. The number of halogens is 4. The van der Waals surface area contributed by atoms with Gasteiger partial charge in [0.2, 0.25) is 17.9 Å². The number of nitrogen functional groups attached to an aromatic ring is 1. The zero-order valence-electron chi connectivity index (χ0n) is 19.4. The summed E-state index contributed by atoms with van der Waals surface area (Å²) in [7, 11) is 0.